The molecule has 0 saturated heterocycles. The standard InChI is InChI=1S/C17H25NO3/c1-4-11-21-17(9-5-6-10-17)16(19)18-14-7-8-15(20-3)13(2)12-14/h7-8,12H,4-6,9-11H2,1-3H3,(H,18,19). The van der Waals surface area contributed by atoms with Crippen molar-refractivity contribution in [2.24, 2.45) is 0 Å². The minimum absolute atomic E-state index is 0.0157. The Bertz CT molecular complexity index is 493. The molecule has 116 valence electrons. The van der Waals surface area contributed by atoms with E-state index in [2.05, 4.69) is 12.2 Å². The first-order chi connectivity index (χ1) is 10.1. The molecule has 4 nitrogen and oxygen atoms in total. The first kappa shape index (κ1) is 15.8. The van der Waals surface area contributed by atoms with Gasteiger partial charge in [0.25, 0.3) is 5.91 Å². The maximum Gasteiger partial charge on any atom is 0.256 e. The van der Waals surface area contributed by atoms with Crippen molar-refractivity contribution in [1.82, 2.24) is 0 Å². The number of rotatable bonds is 6. The molecular formula is C17H25NO3. The third-order valence-corrected chi connectivity index (χ3v) is 4.06. The summed E-state index contributed by atoms with van der Waals surface area (Å²) in [6, 6.07) is 5.67. The Morgan fingerprint density at radius 2 is 2.05 bits per heavy atom. The van der Waals surface area contributed by atoms with E-state index in [0.29, 0.717) is 6.61 Å². The Hall–Kier alpha value is -1.55. The van der Waals surface area contributed by atoms with Crippen LogP contribution in [0, 0.1) is 6.92 Å². The average molecular weight is 291 g/mol. The quantitative estimate of drug-likeness (QED) is 0.869. The average Bonchev–Trinajstić information content (AvgIpc) is 2.95. The van der Waals surface area contributed by atoms with E-state index in [4.69, 9.17) is 9.47 Å². The summed E-state index contributed by atoms with van der Waals surface area (Å²) in [4.78, 5) is 12.6. The second-order valence-electron chi connectivity index (χ2n) is 5.69. The van der Waals surface area contributed by atoms with Gasteiger partial charge < -0.3 is 14.8 Å². The zero-order chi connectivity index (χ0) is 15.3. The van der Waals surface area contributed by atoms with Crippen LogP contribution in [0.25, 0.3) is 0 Å². The molecule has 0 radical (unpaired) electrons. The van der Waals surface area contributed by atoms with Gasteiger partial charge in [-0.2, -0.15) is 0 Å². The molecule has 4 heteroatoms. The molecule has 0 unspecified atom stereocenters. The van der Waals surface area contributed by atoms with Crippen LogP contribution in [0.15, 0.2) is 18.2 Å². The van der Waals surface area contributed by atoms with Gasteiger partial charge in [0, 0.05) is 12.3 Å². The van der Waals surface area contributed by atoms with Gasteiger partial charge in [-0.3, -0.25) is 4.79 Å². The van der Waals surface area contributed by atoms with Gasteiger partial charge in [0.15, 0.2) is 0 Å². The van der Waals surface area contributed by atoms with Crippen LogP contribution in [0.2, 0.25) is 0 Å². The number of amides is 1. The van der Waals surface area contributed by atoms with Crippen LogP contribution in [-0.2, 0) is 9.53 Å². The first-order valence-electron chi connectivity index (χ1n) is 7.71. The van der Waals surface area contributed by atoms with Crippen LogP contribution in [0.1, 0.15) is 44.6 Å². The maximum absolute atomic E-state index is 12.6. The lowest BCUT2D eigenvalue weighted by Gasteiger charge is -2.28. The summed E-state index contributed by atoms with van der Waals surface area (Å²) in [7, 11) is 1.65. The molecular weight excluding hydrogens is 266 g/mol. The van der Waals surface area contributed by atoms with Gasteiger partial charge in [-0.05, 0) is 62.8 Å². The third-order valence-electron chi connectivity index (χ3n) is 4.06. The Morgan fingerprint density at radius 1 is 1.33 bits per heavy atom. The predicted octanol–water partition coefficient (Wildman–Crippen LogP) is 3.68. The molecule has 1 fully saturated rings. The summed E-state index contributed by atoms with van der Waals surface area (Å²) in [5, 5.41) is 3.01. The summed E-state index contributed by atoms with van der Waals surface area (Å²) in [5.41, 5.74) is 1.17. The molecule has 1 N–H and O–H groups in total. The van der Waals surface area contributed by atoms with Crippen LogP contribution in [-0.4, -0.2) is 25.2 Å². The number of methoxy groups -OCH3 is 1. The lowest BCUT2D eigenvalue weighted by Crippen LogP contribution is -2.43. The molecule has 0 heterocycles. The number of benzene rings is 1. The Balaban J connectivity index is 2.10. The Morgan fingerprint density at radius 3 is 2.62 bits per heavy atom. The normalized spacial score (nSPS) is 16.7. The number of hydrogen-bond acceptors (Lipinski definition) is 3. The van der Waals surface area contributed by atoms with E-state index in [0.717, 1.165) is 49.1 Å². The molecule has 1 saturated carbocycles. The van der Waals surface area contributed by atoms with E-state index >= 15 is 0 Å². The summed E-state index contributed by atoms with van der Waals surface area (Å²) in [6.07, 6.45) is 4.66. The molecule has 1 aromatic rings. The topological polar surface area (TPSA) is 47.6 Å². The number of hydrogen-bond donors (Lipinski definition) is 1. The van der Waals surface area contributed by atoms with Crippen molar-refractivity contribution in [2.45, 2.75) is 51.6 Å². The second-order valence-corrected chi connectivity index (χ2v) is 5.69. The van der Waals surface area contributed by atoms with Crippen molar-refractivity contribution in [3.8, 4) is 5.75 Å². The van der Waals surface area contributed by atoms with Crippen LogP contribution in [0.5, 0.6) is 5.75 Å². The Labute approximate surface area is 126 Å². The van der Waals surface area contributed by atoms with Crippen LogP contribution in [0.3, 0.4) is 0 Å². The predicted molar refractivity (Wildman–Crippen MR) is 83.8 cm³/mol. The molecule has 0 bridgehead atoms. The van der Waals surface area contributed by atoms with E-state index in [-0.39, 0.29) is 5.91 Å². The van der Waals surface area contributed by atoms with E-state index in [1.807, 2.05) is 25.1 Å². The van der Waals surface area contributed by atoms with Gasteiger partial charge in [0.05, 0.1) is 7.11 Å². The van der Waals surface area contributed by atoms with Gasteiger partial charge in [0.2, 0.25) is 0 Å². The molecule has 21 heavy (non-hydrogen) atoms. The van der Waals surface area contributed by atoms with E-state index in [1.54, 1.807) is 7.11 Å². The minimum atomic E-state index is -0.635. The SMILES string of the molecule is CCCOC1(C(=O)Nc2ccc(OC)c(C)c2)CCCC1. The van der Waals surface area contributed by atoms with Crippen molar-refractivity contribution >= 4 is 11.6 Å². The number of carbonyl (C=O) groups is 1. The molecule has 1 amide bonds. The summed E-state index contributed by atoms with van der Waals surface area (Å²) in [5.74, 6) is 0.809. The largest absolute Gasteiger partial charge is 0.496 e. The highest BCUT2D eigenvalue weighted by atomic mass is 16.5. The monoisotopic (exact) mass is 291 g/mol. The highest BCUT2D eigenvalue weighted by molar-refractivity contribution is 5.97. The fourth-order valence-corrected chi connectivity index (χ4v) is 2.88. The fraction of sp³-hybridized carbons (Fsp3) is 0.588. The van der Waals surface area contributed by atoms with Crippen molar-refractivity contribution in [1.29, 1.82) is 0 Å². The van der Waals surface area contributed by atoms with Crippen LogP contribution in [0.4, 0.5) is 5.69 Å². The smallest absolute Gasteiger partial charge is 0.256 e. The van der Waals surface area contributed by atoms with Crippen molar-refractivity contribution < 1.29 is 14.3 Å². The lowest BCUT2D eigenvalue weighted by molar-refractivity contribution is -0.140. The molecule has 0 atom stereocenters. The number of nitrogens with one attached hydrogen (secondary N) is 1. The van der Waals surface area contributed by atoms with E-state index in [1.165, 1.54) is 0 Å². The molecule has 1 aliphatic carbocycles. The summed E-state index contributed by atoms with van der Waals surface area (Å²) < 4.78 is 11.2. The molecule has 1 aliphatic rings. The second kappa shape index (κ2) is 6.94. The highest BCUT2D eigenvalue weighted by Gasteiger charge is 2.42. The molecule has 0 spiro atoms. The number of aryl methyl sites for hydroxylation is 1. The lowest BCUT2D eigenvalue weighted by atomic mass is 10.0. The van der Waals surface area contributed by atoms with Gasteiger partial charge >= 0.3 is 0 Å². The Kier molecular flexibility index (Phi) is 5.23. The van der Waals surface area contributed by atoms with Crippen LogP contribution >= 0.6 is 0 Å². The number of anilines is 1. The van der Waals surface area contributed by atoms with E-state index < -0.39 is 5.60 Å². The number of carbonyl (C=O) groups excluding carboxylic acids is 1. The molecule has 0 aromatic heterocycles. The molecule has 2 rings (SSSR count). The summed E-state index contributed by atoms with van der Waals surface area (Å²) in [6.45, 7) is 4.66. The molecule has 0 aliphatic heterocycles. The maximum atomic E-state index is 12.6. The first-order valence-corrected chi connectivity index (χ1v) is 7.71. The van der Waals surface area contributed by atoms with Gasteiger partial charge in [-0.1, -0.05) is 6.92 Å². The van der Waals surface area contributed by atoms with Crippen molar-refractivity contribution in [3.63, 3.8) is 0 Å². The zero-order valence-electron chi connectivity index (χ0n) is 13.2. The van der Waals surface area contributed by atoms with Crippen molar-refractivity contribution in [2.75, 3.05) is 19.0 Å². The van der Waals surface area contributed by atoms with E-state index in [9.17, 15) is 4.79 Å². The van der Waals surface area contributed by atoms with Gasteiger partial charge in [-0.25, -0.2) is 0 Å². The third kappa shape index (κ3) is 3.56. The van der Waals surface area contributed by atoms with Gasteiger partial charge in [0.1, 0.15) is 11.4 Å². The number of ether oxygens (including phenoxy) is 2. The zero-order valence-corrected chi connectivity index (χ0v) is 13.2. The molecule has 1 aromatic carbocycles. The highest BCUT2D eigenvalue weighted by Crippen LogP contribution is 2.35. The van der Waals surface area contributed by atoms with Crippen molar-refractivity contribution in [3.05, 3.63) is 23.8 Å². The fourth-order valence-electron chi connectivity index (χ4n) is 2.88. The minimum Gasteiger partial charge on any atom is -0.496 e. The summed E-state index contributed by atoms with van der Waals surface area (Å²) >= 11 is 0. The van der Waals surface area contributed by atoms with Gasteiger partial charge in [-0.15, -0.1) is 0 Å². The van der Waals surface area contributed by atoms with Crippen LogP contribution < -0.4 is 10.1 Å².